The predicted octanol–water partition coefficient (Wildman–Crippen LogP) is 17.6. The standard InChI is InChI=1S/C52H68Br2S/c1-5-7-9-11-13-39-17-25-43(26-18-39)45-29-21-41(22-30-45)35-47-37(3)15-33-49(51(47)53)55-50-34-16-38(4)48(52(50)54)36-42-23-31-46(32-24-42)44-27-19-40(20-28-44)14-12-10-8-6-2/h15-16,21-24,29-34,39-40,43-44H,5-14,17-20,25-28,35-36H2,1-4H3/t39-,40-,43-,44-. The van der Waals surface area contributed by atoms with E-state index < -0.39 is 0 Å². The monoisotopic (exact) mass is 882 g/mol. The lowest BCUT2D eigenvalue weighted by Crippen LogP contribution is -2.13. The van der Waals surface area contributed by atoms with Gasteiger partial charge in [0.1, 0.15) is 0 Å². The van der Waals surface area contributed by atoms with Crippen molar-refractivity contribution in [3.63, 3.8) is 0 Å². The molecule has 0 amide bonds. The molecule has 296 valence electrons. The lowest BCUT2D eigenvalue weighted by atomic mass is 9.77. The molecule has 2 saturated carbocycles. The summed E-state index contributed by atoms with van der Waals surface area (Å²) in [6.07, 6.45) is 27.1. The van der Waals surface area contributed by atoms with Crippen molar-refractivity contribution in [3.05, 3.63) is 126 Å². The normalized spacial score (nSPS) is 20.2. The number of unbranched alkanes of at least 4 members (excludes halogenated alkanes) is 6. The lowest BCUT2D eigenvalue weighted by molar-refractivity contribution is 0.302. The van der Waals surface area contributed by atoms with Crippen molar-refractivity contribution in [3.8, 4) is 0 Å². The number of halogens is 2. The van der Waals surface area contributed by atoms with Gasteiger partial charge in [0.2, 0.25) is 0 Å². The van der Waals surface area contributed by atoms with E-state index in [0.717, 1.165) is 36.5 Å². The molecule has 2 fully saturated rings. The SMILES string of the molecule is CCCCCC[C@H]1CC[C@H](c2ccc(Cc3c(C)ccc(Sc4ccc(C)c(Cc5ccc([C@H]6CC[C@H](CCCCCC)CC6)cc5)c4Br)c3Br)cc2)CC1. The number of rotatable bonds is 18. The van der Waals surface area contributed by atoms with Crippen molar-refractivity contribution < 1.29 is 0 Å². The summed E-state index contributed by atoms with van der Waals surface area (Å²) in [7, 11) is 0. The van der Waals surface area contributed by atoms with Crippen LogP contribution in [-0.2, 0) is 12.8 Å². The van der Waals surface area contributed by atoms with Crippen LogP contribution in [0.1, 0.15) is 186 Å². The minimum Gasteiger partial charge on any atom is -0.0877 e. The van der Waals surface area contributed by atoms with Gasteiger partial charge in [-0.1, -0.05) is 150 Å². The maximum atomic E-state index is 4.09. The highest BCUT2D eigenvalue weighted by Gasteiger charge is 2.24. The van der Waals surface area contributed by atoms with Gasteiger partial charge in [0.05, 0.1) is 0 Å². The summed E-state index contributed by atoms with van der Waals surface area (Å²) >= 11 is 10.1. The van der Waals surface area contributed by atoms with Crippen LogP contribution in [0.3, 0.4) is 0 Å². The lowest BCUT2D eigenvalue weighted by Gasteiger charge is -2.29. The van der Waals surface area contributed by atoms with E-state index in [2.05, 4.69) is 132 Å². The molecule has 3 heteroatoms. The molecule has 0 aromatic heterocycles. The molecule has 0 bridgehead atoms. The molecule has 0 heterocycles. The average molecular weight is 885 g/mol. The second-order valence-electron chi connectivity index (χ2n) is 17.4. The quantitative estimate of drug-likeness (QED) is 0.0897. The van der Waals surface area contributed by atoms with Crippen molar-refractivity contribution in [2.24, 2.45) is 11.8 Å². The van der Waals surface area contributed by atoms with E-state index in [0.29, 0.717) is 0 Å². The molecule has 55 heavy (non-hydrogen) atoms. The average Bonchev–Trinajstić information content (AvgIpc) is 3.21. The van der Waals surface area contributed by atoms with Crippen LogP contribution in [0, 0.1) is 25.7 Å². The van der Waals surface area contributed by atoms with Gasteiger partial charge in [0.25, 0.3) is 0 Å². The Labute approximate surface area is 357 Å². The van der Waals surface area contributed by atoms with Crippen molar-refractivity contribution in [1.82, 2.24) is 0 Å². The number of aryl methyl sites for hydroxylation is 2. The summed E-state index contributed by atoms with van der Waals surface area (Å²) < 4.78 is 2.46. The fourth-order valence-electron chi connectivity index (χ4n) is 9.61. The van der Waals surface area contributed by atoms with Crippen LogP contribution >= 0.6 is 43.6 Å². The zero-order valence-corrected chi connectivity index (χ0v) is 38.5. The van der Waals surface area contributed by atoms with Crippen LogP contribution < -0.4 is 0 Å². The Hall–Kier alpha value is -1.81. The summed E-state index contributed by atoms with van der Waals surface area (Å²) in [5.74, 6) is 3.41. The first kappa shape index (κ1) is 42.8. The van der Waals surface area contributed by atoms with Gasteiger partial charge in [-0.25, -0.2) is 0 Å². The number of benzene rings is 4. The van der Waals surface area contributed by atoms with Gasteiger partial charge in [0.15, 0.2) is 0 Å². The largest absolute Gasteiger partial charge is 0.0877 e. The third-order valence-electron chi connectivity index (χ3n) is 13.4. The molecule has 2 aliphatic carbocycles. The van der Waals surface area contributed by atoms with Crippen LogP contribution in [-0.4, -0.2) is 0 Å². The molecular formula is C52H68Br2S. The molecule has 0 saturated heterocycles. The summed E-state index contributed by atoms with van der Waals surface area (Å²) in [6.45, 7) is 9.14. The van der Waals surface area contributed by atoms with E-state index >= 15 is 0 Å². The highest BCUT2D eigenvalue weighted by Crippen LogP contribution is 2.43. The topological polar surface area (TPSA) is 0 Å². The molecule has 6 rings (SSSR count). The van der Waals surface area contributed by atoms with Crippen molar-refractivity contribution in [2.45, 2.75) is 178 Å². The maximum absolute atomic E-state index is 4.09. The smallest absolute Gasteiger partial charge is 0.0352 e. The molecule has 0 nitrogen and oxygen atoms in total. The van der Waals surface area contributed by atoms with Crippen molar-refractivity contribution in [1.29, 1.82) is 0 Å². The molecule has 4 aromatic carbocycles. The molecular weight excluding hydrogens is 816 g/mol. The molecule has 2 aliphatic rings. The minimum atomic E-state index is 0.742. The Bertz CT molecular complexity index is 1630. The van der Waals surface area contributed by atoms with E-state index in [1.807, 2.05) is 11.8 Å². The van der Waals surface area contributed by atoms with Crippen LogP contribution in [0.15, 0.2) is 91.5 Å². The Morgan fingerprint density at radius 1 is 0.473 bits per heavy atom. The third-order valence-corrected chi connectivity index (χ3v) is 16.9. The van der Waals surface area contributed by atoms with E-state index in [1.54, 1.807) is 11.1 Å². The Balaban J connectivity index is 1.05. The zero-order chi connectivity index (χ0) is 38.6. The predicted molar refractivity (Wildman–Crippen MR) is 247 cm³/mol. The molecule has 0 atom stereocenters. The highest BCUT2D eigenvalue weighted by atomic mass is 79.9. The molecule has 0 aliphatic heterocycles. The first-order chi connectivity index (χ1) is 26.8. The van der Waals surface area contributed by atoms with Gasteiger partial charge in [-0.2, -0.15) is 0 Å². The van der Waals surface area contributed by atoms with Crippen molar-refractivity contribution >= 4 is 43.6 Å². The Kier molecular flexibility index (Phi) is 17.0. The Morgan fingerprint density at radius 2 is 0.855 bits per heavy atom. The maximum Gasteiger partial charge on any atom is 0.0352 e. The molecule has 4 aromatic rings. The molecule has 0 N–H and O–H groups in total. The van der Waals surface area contributed by atoms with E-state index in [-0.39, 0.29) is 0 Å². The first-order valence-electron chi connectivity index (χ1n) is 22.2. The van der Waals surface area contributed by atoms with E-state index in [1.165, 1.54) is 168 Å². The third kappa shape index (κ3) is 12.1. The van der Waals surface area contributed by atoms with Gasteiger partial charge in [0, 0.05) is 18.7 Å². The molecule has 0 radical (unpaired) electrons. The summed E-state index contributed by atoms with van der Waals surface area (Å²) in [6, 6.07) is 28.5. The molecule has 0 spiro atoms. The second kappa shape index (κ2) is 21.8. The first-order valence-corrected chi connectivity index (χ1v) is 24.6. The van der Waals surface area contributed by atoms with Crippen molar-refractivity contribution in [2.75, 3.05) is 0 Å². The van der Waals surface area contributed by atoms with Crippen LogP contribution in [0.4, 0.5) is 0 Å². The fourth-order valence-corrected chi connectivity index (χ4v) is 12.2. The fraction of sp³-hybridized carbons (Fsp3) is 0.538. The highest BCUT2D eigenvalue weighted by molar-refractivity contribution is 9.11. The summed E-state index contributed by atoms with van der Waals surface area (Å²) in [4.78, 5) is 2.55. The van der Waals surface area contributed by atoms with Crippen LogP contribution in [0.2, 0.25) is 0 Å². The van der Waals surface area contributed by atoms with E-state index in [4.69, 9.17) is 0 Å². The molecule has 0 unspecified atom stereocenters. The number of hydrogen-bond donors (Lipinski definition) is 0. The zero-order valence-electron chi connectivity index (χ0n) is 34.5. The van der Waals surface area contributed by atoms with Crippen LogP contribution in [0.25, 0.3) is 0 Å². The summed E-state index contributed by atoms with van der Waals surface area (Å²) in [5, 5.41) is 0. The summed E-state index contributed by atoms with van der Waals surface area (Å²) in [5.41, 5.74) is 11.4. The van der Waals surface area contributed by atoms with Gasteiger partial charge < -0.3 is 0 Å². The van der Waals surface area contributed by atoms with Gasteiger partial charge >= 0.3 is 0 Å². The van der Waals surface area contributed by atoms with Gasteiger partial charge in [-0.15, -0.1) is 0 Å². The van der Waals surface area contributed by atoms with Crippen LogP contribution in [0.5, 0.6) is 0 Å². The number of hydrogen-bond acceptors (Lipinski definition) is 1. The second-order valence-corrected chi connectivity index (χ2v) is 20.1. The van der Waals surface area contributed by atoms with Gasteiger partial charge in [-0.3, -0.25) is 0 Å². The minimum absolute atomic E-state index is 0.742. The van der Waals surface area contributed by atoms with Gasteiger partial charge in [-0.05, 0) is 190 Å². The van der Waals surface area contributed by atoms with E-state index in [9.17, 15) is 0 Å². The Morgan fingerprint density at radius 3 is 1.22 bits per heavy atom.